The fourth-order valence-corrected chi connectivity index (χ4v) is 2.65. The van der Waals surface area contributed by atoms with Crippen molar-refractivity contribution in [2.45, 2.75) is 70.9 Å². The molecule has 1 rings (SSSR count). The van der Waals surface area contributed by atoms with E-state index in [9.17, 15) is 13.2 Å². The maximum absolute atomic E-state index is 12.0. The maximum Gasteiger partial charge on any atom is 0.389 e. The summed E-state index contributed by atoms with van der Waals surface area (Å²) in [6, 6.07) is 7.98. The highest BCUT2D eigenvalue weighted by atomic mass is 19.4. The molecule has 0 amide bonds. The van der Waals surface area contributed by atoms with E-state index in [1.54, 1.807) is 6.92 Å². The van der Waals surface area contributed by atoms with Gasteiger partial charge in [0.25, 0.3) is 0 Å². The zero-order valence-corrected chi connectivity index (χ0v) is 15.5. The summed E-state index contributed by atoms with van der Waals surface area (Å²) in [7, 11) is 0. The van der Waals surface area contributed by atoms with E-state index < -0.39 is 12.6 Å². The Morgan fingerprint density at radius 2 is 1.46 bits per heavy atom. The predicted molar refractivity (Wildman–Crippen MR) is 98.0 cm³/mol. The third-order valence-corrected chi connectivity index (χ3v) is 4.02. The molecule has 3 nitrogen and oxygen atoms in total. The van der Waals surface area contributed by atoms with Crippen LogP contribution in [-0.4, -0.2) is 25.3 Å². The van der Waals surface area contributed by atoms with Crippen molar-refractivity contribution in [3.05, 3.63) is 29.8 Å². The van der Waals surface area contributed by atoms with Crippen LogP contribution in [0.15, 0.2) is 24.3 Å². The number of alkyl halides is 3. The van der Waals surface area contributed by atoms with E-state index in [0.29, 0.717) is 19.6 Å². The Kier molecular flexibility index (Phi) is 10.8. The van der Waals surface area contributed by atoms with Crippen molar-refractivity contribution in [1.82, 2.24) is 0 Å². The molecular formula is C20H30F3NO2. The molecule has 1 aromatic rings. The summed E-state index contributed by atoms with van der Waals surface area (Å²) >= 11 is 0. The van der Waals surface area contributed by atoms with Gasteiger partial charge in [0.2, 0.25) is 0 Å². The van der Waals surface area contributed by atoms with Crippen LogP contribution in [-0.2, 0) is 11.2 Å². The van der Waals surface area contributed by atoms with E-state index in [4.69, 9.17) is 14.9 Å². The van der Waals surface area contributed by atoms with E-state index >= 15 is 0 Å². The Balaban J connectivity index is 2.01. The molecule has 0 atom stereocenters. The molecule has 0 aliphatic carbocycles. The molecule has 0 unspecified atom stereocenters. The first-order valence-corrected chi connectivity index (χ1v) is 9.33. The molecule has 26 heavy (non-hydrogen) atoms. The number of unbranched alkanes of at least 4 members (excludes halogenated alkanes) is 6. The minimum atomic E-state index is -4.01. The van der Waals surface area contributed by atoms with Gasteiger partial charge in [0.05, 0.1) is 0 Å². The first kappa shape index (κ1) is 22.3. The molecule has 1 aromatic carbocycles. The van der Waals surface area contributed by atoms with Crippen molar-refractivity contribution in [1.29, 1.82) is 5.41 Å². The van der Waals surface area contributed by atoms with E-state index in [1.165, 1.54) is 5.56 Å². The van der Waals surface area contributed by atoms with Crippen LogP contribution in [0.3, 0.4) is 0 Å². The summed E-state index contributed by atoms with van der Waals surface area (Å²) in [5.74, 6) is 0.976. The van der Waals surface area contributed by atoms with Gasteiger partial charge in [-0.25, -0.2) is 0 Å². The van der Waals surface area contributed by atoms with Crippen LogP contribution in [0.2, 0.25) is 0 Å². The Bertz CT molecular complexity index is 501. The number of hydrogen-bond donors (Lipinski definition) is 1. The van der Waals surface area contributed by atoms with Gasteiger partial charge in [0.15, 0.2) is 5.90 Å². The lowest BCUT2D eigenvalue weighted by atomic mass is 10.0. The van der Waals surface area contributed by atoms with Gasteiger partial charge in [-0.15, -0.1) is 0 Å². The molecule has 0 fully saturated rings. The summed E-state index contributed by atoms with van der Waals surface area (Å²) in [5, 5.41) is 7.15. The van der Waals surface area contributed by atoms with Crippen molar-refractivity contribution in [2.24, 2.45) is 0 Å². The Hall–Kier alpha value is -1.72. The van der Waals surface area contributed by atoms with Gasteiger partial charge in [-0.2, -0.15) is 13.2 Å². The minimum Gasteiger partial charge on any atom is -0.490 e. The molecule has 148 valence electrons. The second-order valence-electron chi connectivity index (χ2n) is 6.49. The normalized spacial score (nSPS) is 11.4. The number of benzene rings is 1. The number of rotatable bonds is 13. The lowest BCUT2D eigenvalue weighted by Gasteiger charge is -2.08. The lowest BCUT2D eigenvalue weighted by molar-refractivity contribution is -0.135. The summed E-state index contributed by atoms with van der Waals surface area (Å²) in [6.45, 7) is 2.37. The van der Waals surface area contributed by atoms with Gasteiger partial charge in [0, 0.05) is 13.3 Å². The van der Waals surface area contributed by atoms with Crippen LogP contribution in [0.25, 0.3) is 0 Å². The standard InChI is InChI=1S/C20H30F3NO2/c1-17(24)25-15-16-26-19-12-10-18(11-13-19)9-7-5-3-2-4-6-8-14-20(21,22)23/h10-13,24H,2-9,14-16H2,1H3. The van der Waals surface area contributed by atoms with Gasteiger partial charge >= 0.3 is 6.18 Å². The molecule has 0 aliphatic heterocycles. The van der Waals surface area contributed by atoms with Crippen LogP contribution in [0.4, 0.5) is 13.2 Å². The fourth-order valence-electron chi connectivity index (χ4n) is 2.65. The largest absolute Gasteiger partial charge is 0.490 e. The second kappa shape index (κ2) is 12.6. The molecule has 0 aliphatic rings. The Morgan fingerprint density at radius 1 is 0.885 bits per heavy atom. The van der Waals surface area contributed by atoms with Crippen molar-refractivity contribution in [2.75, 3.05) is 13.2 Å². The molecular weight excluding hydrogens is 343 g/mol. The monoisotopic (exact) mass is 373 g/mol. The average molecular weight is 373 g/mol. The summed E-state index contributed by atoms with van der Waals surface area (Å²) in [4.78, 5) is 0. The number of ether oxygens (including phenoxy) is 2. The maximum atomic E-state index is 12.0. The highest BCUT2D eigenvalue weighted by molar-refractivity contribution is 5.69. The quantitative estimate of drug-likeness (QED) is 0.250. The lowest BCUT2D eigenvalue weighted by Crippen LogP contribution is -2.09. The number of hydrogen-bond acceptors (Lipinski definition) is 3. The second-order valence-corrected chi connectivity index (χ2v) is 6.49. The smallest absolute Gasteiger partial charge is 0.389 e. The van der Waals surface area contributed by atoms with Crippen molar-refractivity contribution >= 4 is 5.90 Å². The highest BCUT2D eigenvalue weighted by Crippen LogP contribution is 2.23. The molecule has 1 N–H and O–H groups in total. The predicted octanol–water partition coefficient (Wildman–Crippen LogP) is 6.30. The Labute approximate surface area is 154 Å². The number of halogens is 3. The highest BCUT2D eigenvalue weighted by Gasteiger charge is 2.25. The first-order valence-electron chi connectivity index (χ1n) is 9.33. The van der Waals surface area contributed by atoms with E-state index in [0.717, 1.165) is 44.3 Å². The molecule has 0 heterocycles. The third kappa shape index (κ3) is 12.6. The van der Waals surface area contributed by atoms with Crippen LogP contribution in [0, 0.1) is 5.41 Å². The zero-order chi connectivity index (χ0) is 19.3. The summed E-state index contributed by atoms with van der Waals surface area (Å²) < 4.78 is 46.6. The van der Waals surface area contributed by atoms with Crippen LogP contribution >= 0.6 is 0 Å². The minimum absolute atomic E-state index is 0.185. The molecule has 0 saturated heterocycles. The number of nitrogens with one attached hydrogen (secondary N) is 1. The van der Waals surface area contributed by atoms with Gasteiger partial charge in [-0.3, -0.25) is 5.41 Å². The van der Waals surface area contributed by atoms with Crippen molar-refractivity contribution < 1.29 is 22.6 Å². The Morgan fingerprint density at radius 3 is 2.04 bits per heavy atom. The third-order valence-electron chi connectivity index (χ3n) is 4.02. The molecule has 6 heteroatoms. The van der Waals surface area contributed by atoms with Gasteiger partial charge in [-0.1, -0.05) is 44.2 Å². The molecule has 0 aromatic heterocycles. The van der Waals surface area contributed by atoms with E-state index in [-0.39, 0.29) is 12.3 Å². The molecule has 0 bridgehead atoms. The van der Waals surface area contributed by atoms with E-state index in [2.05, 4.69) is 12.1 Å². The van der Waals surface area contributed by atoms with Crippen molar-refractivity contribution in [3.63, 3.8) is 0 Å². The first-order chi connectivity index (χ1) is 12.4. The van der Waals surface area contributed by atoms with Gasteiger partial charge in [0.1, 0.15) is 19.0 Å². The summed E-state index contributed by atoms with van der Waals surface area (Å²) in [6.07, 6.45) is 2.47. The molecule has 0 spiro atoms. The molecule has 0 radical (unpaired) electrons. The SMILES string of the molecule is CC(=N)OCCOc1ccc(CCCCCCCCCC(F)(F)F)cc1. The van der Waals surface area contributed by atoms with Crippen LogP contribution in [0.5, 0.6) is 5.75 Å². The fraction of sp³-hybridized carbons (Fsp3) is 0.650. The van der Waals surface area contributed by atoms with Gasteiger partial charge in [-0.05, 0) is 37.0 Å². The molecule has 0 saturated carbocycles. The van der Waals surface area contributed by atoms with E-state index in [1.807, 2.05) is 12.1 Å². The average Bonchev–Trinajstić information content (AvgIpc) is 2.57. The van der Waals surface area contributed by atoms with Crippen LogP contribution < -0.4 is 4.74 Å². The van der Waals surface area contributed by atoms with Gasteiger partial charge < -0.3 is 9.47 Å². The zero-order valence-electron chi connectivity index (χ0n) is 15.5. The van der Waals surface area contributed by atoms with Crippen molar-refractivity contribution in [3.8, 4) is 5.75 Å². The van der Waals surface area contributed by atoms with Crippen LogP contribution in [0.1, 0.15) is 63.9 Å². The number of aryl methyl sites for hydroxylation is 1. The topological polar surface area (TPSA) is 42.3 Å². The summed E-state index contributed by atoms with van der Waals surface area (Å²) in [5.41, 5.74) is 1.26.